The van der Waals surface area contributed by atoms with Gasteiger partial charge in [-0.3, -0.25) is 14.1 Å². The zero-order chi connectivity index (χ0) is 15.7. The van der Waals surface area contributed by atoms with Gasteiger partial charge in [0, 0.05) is 12.4 Å². The van der Waals surface area contributed by atoms with Crippen LogP contribution < -0.4 is 11.0 Å². The number of nitrogens with one attached hydrogen (secondary N) is 2. The summed E-state index contributed by atoms with van der Waals surface area (Å²) in [5, 5.41) is 17.9. The third-order valence-electron chi connectivity index (χ3n) is 3.28. The second-order valence-electron chi connectivity index (χ2n) is 4.81. The number of hydrogen-bond acceptors (Lipinski definition) is 4. The van der Waals surface area contributed by atoms with Crippen LogP contribution in [0.4, 0.5) is 4.79 Å². The Balaban J connectivity index is 2.14. The molecule has 1 atom stereocenters. The van der Waals surface area contributed by atoms with Crippen LogP contribution in [0.3, 0.4) is 0 Å². The van der Waals surface area contributed by atoms with Gasteiger partial charge < -0.3 is 10.4 Å². The maximum atomic E-state index is 12.6. The fraction of sp³-hybridized carbons (Fsp3) is 0.231. The van der Waals surface area contributed by atoms with E-state index < -0.39 is 12.1 Å². The van der Waals surface area contributed by atoms with Gasteiger partial charge in [0.25, 0.3) is 0 Å². The number of aromatic amines is 1. The highest BCUT2D eigenvalue weighted by Gasteiger charge is 2.18. The van der Waals surface area contributed by atoms with Crippen LogP contribution in [0.1, 0.15) is 24.5 Å². The number of amides is 1. The smallest absolute Gasteiger partial charge is 0.405 e. The maximum Gasteiger partial charge on any atom is 0.405 e. The molecular weight excluding hydrogens is 288 g/mol. The molecule has 3 aromatic rings. The number of rotatable bonds is 4. The molecule has 9 heteroatoms. The number of nitrogens with zero attached hydrogens (tertiary/aromatic N) is 4. The molecule has 114 valence electrons. The molecule has 22 heavy (non-hydrogen) atoms. The fourth-order valence-corrected chi connectivity index (χ4v) is 2.30. The van der Waals surface area contributed by atoms with E-state index in [1.807, 2.05) is 0 Å². The molecule has 0 radical (unpaired) electrons. The lowest BCUT2D eigenvalue weighted by Gasteiger charge is -2.17. The van der Waals surface area contributed by atoms with Crippen LogP contribution in [0.2, 0.25) is 0 Å². The average molecular weight is 302 g/mol. The first-order chi connectivity index (χ1) is 10.6. The Kier molecular flexibility index (Phi) is 3.37. The van der Waals surface area contributed by atoms with Gasteiger partial charge in [0.15, 0.2) is 0 Å². The van der Waals surface area contributed by atoms with Crippen molar-refractivity contribution >= 4 is 11.7 Å². The van der Waals surface area contributed by atoms with E-state index in [0.717, 1.165) is 0 Å². The molecule has 0 aliphatic carbocycles. The highest BCUT2D eigenvalue weighted by Crippen LogP contribution is 2.11. The van der Waals surface area contributed by atoms with Crippen LogP contribution in [0.5, 0.6) is 0 Å². The topological polar surface area (TPSA) is 117 Å². The first kappa shape index (κ1) is 13.9. The quantitative estimate of drug-likeness (QED) is 0.652. The maximum absolute atomic E-state index is 12.6. The molecule has 3 aromatic heterocycles. The van der Waals surface area contributed by atoms with E-state index in [1.165, 1.54) is 8.97 Å². The van der Waals surface area contributed by atoms with Gasteiger partial charge in [0.1, 0.15) is 11.5 Å². The summed E-state index contributed by atoms with van der Waals surface area (Å²) >= 11 is 0. The zero-order valence-electron chi connectivity index (χ0n) is 11.7. The lowest BCUT2D eigenvalue weighted by molar-refractivity contribution is 0.190. The lowest BCUT2D eigenvalue weighted by atomic mass is 10.3. The fourth-order valence-electron chi connectivity index (χ4n) is 2.30. The highest BCUT2D eigenvalue weighted by atomic mass is 16.4. The van der Waals surface area contributed by atoms with E-state index in [4.69, 9.17) is 5.11 Å². The number of carboxylic acid groups (broad SMARTS) is 1. The van der Waals surface area contributed by atoms with Crippen molar-refractivity contribution in [2.24, 2.45) is 0 Å². The Morgan fingerprint density at radius 2 is 2.32 bits per heavy atom. The second kappa shape index (κ2) is 5.35. The van der Waals surface area contributed by atoms with Crippen molar-refractivity contribution in [3.63, 3.8) is 0 Å². The minimum atomic E-state index is -1.18. The number of hydrogen-bond donors (Lipinski definition) is 3. The first-order valence-electron chi connectivity index (χ1n) is 6.62. The molecule has 0 aliphatic rings. The lowest BCUT2D eigenvalue weighted by Crippen LogP contribution is -2.36. The number of carbonyl (C=O) groups is 1. The molecule has 0 fully saturated rings. The summed E-state index contributed by atoms with van der Waals surface area (Å²) in [6.45, 7) is 1.83. The number of H-pyrrole nitrogens is 1. The van der Waals surface area contributed by atoms with Gasteiger partial charge in [0.05, 0.1) is 18.3 Å². The predicted octanol–water partition coefficient (Wildman–Crippen LogP) is 0.596. The molecule has 0 aliphatic heterocycles. The summed E-state index contributed by atoms with van der Waals surface area (Å²) in [7, 11) is 0. The van der Waals surface area contributed by atoms with Gasteiger partial charge in [-0.2, -0.15) is 5.10 Å². The number of aromatic nitrogens is 5. The average Bonchev–Trinajstić information content (AvgIpc) is 3.12. The minimum Gasteiger partial charge on any atom is -0.465 e. The van der Waals surface area contributed by atoms with Gasteiger partial charge in [-0.1, -0.05) is 0 Å². The van der Waals surface area contributed by atoms with Crippen molar-refractivity contribution in [3.8, 4) is 0 Å². The van der Waals surface area contributed by atoms with Crippen LogP contribution in [-0.4, -0.2) is 35.3 Å². The number of fused-ring (bicyclic) bond motifs is 1. The molecular formula is C13H14N6O3. The van der Waals surface area contributed by atoms with Gasteiger partial charge in [-0.05, 0) is 25.1 Å². The van der Waals surface area contributed by atoms with Gasteiger partial charge in [-0.25, -0.2) is 14.6 Å². The summed E-state index contributed by atoms with van der Waals surface area (Å²) in [6, 6.07) is 4.51. The SMILES string of the molecule is CC(NC(=O)O)c1nc2cccn2c(=O)n1Cc1cc[nH]n1. The Hall–Kier alpha value is -3.10. The van der Waals surface area contributed by atoms with Crippen LogP contribution >= 0.6 is 0 Å². The summed E-state index contributed by atoms with van der Waals surface area (Å²) in [5.41, 5.74) is 0.823. The third kappa shape index (κ3) is 2.43. The van der Waals surface area contributed by atoms with E-state index in [9.17, 15) is 9.59 Å². The van der Waals surface area contributed by atoms with Gasteiger partial charge >= 0.3 is 11.8 Å². The monoisotopic (exact) mass is 302 g/mol. The summed E-state index contributed by atoms with van der Waals surface area (Å²) in [6.07, 6.45) is 2.09. The van der Waals surface area contributed by atoms with Crippen LogP contribution in [0.25, 0.3) is 5.65 Å². The molecule has 0 spiro atoms. The van der Waals surface area contributed by atoms with Gasteiger partial charge in [0.2, 0.25) is 0 Å². The summed E-state index contributed by atoms with van der Waals surface area (Å²) in [5.74, 6) is 0.335. The highest BCUT2D eigenvalue weighted by molar-refractivity contribution is 5.65. The minimum absolute atomic E-state index is 0.199. The standard InChI is InChI=1S/C13H14N6O3/c1-8(15-12(20)21)11-16-10-3-2-6-18(10)13(22)19(11)7-9-4-5-14-17-9/h2-6,8,15H,7H2,1H3,(H,14,17)(H,20,21). The van der Waals surface area contributed by atoms with E-state index >= 15 is 0 Å². The zero-order valence-corrected chi connectivity index (χ0v) is 11.7. The van der Waals surface area contributed by atoms with Crippen LogP contribution in [-0.2, 0) is 6.54 Å². The molecule has 3 heterocycles. The molecule has 9 nitrogen and oxygen atoms in total. The van der Waals surface area contributed by atoms with Crippen molar-refractivity contribution in [3.05, 3.63) is 52.6 Å². The van der Waals surface area contributed by atoms with E-state index in [2.05, 4.69) is 20.5 Å². The second-order valence-corrected chi connectivity index (χ2v) is 4.81. The predicted molar refractivity (Wildman–Crippen MR) is 76.7 cm³/mol. The van der Waals surface area contributed by atoms with Crippen molar-refractivity contribution in [1.82, 2.24) is 29.5 Å². The van der Waals surface area contributed by atoms with Crippen LogP contribution in [0.15, 0.2) is 35.4 Å². The molecule has 0 aromatic carbocycles. The van der Waals surface area contributed by atoms with E-state index in [0.29, 0.717) is 17.2 Å². The van der Waals surface area contributed by atoms with E-state index in [-0.39, 0.29) is 12.2 Å². The molecule has 3 N–H and O–H groups in total. The molecule has 0 saturated heterocycles. The molecule has 1 amide bonds. The summed E-state index contributed by atoms with van der Waals surface area (Å²) in [4.78, 5) is 27.9. The third-order valence-corrected chi connectivity index (χ3v) is 3.28. The molecule has 0 saturated carbocycles. The Bertz CT molecular complexity index is 864. The first-order valence-corrected chi connectivity index (χ1v) is 6.62. The van der Waals surface area contributed by atoms with Crippen molar-refractivity contribution < 1.29 is 9.90 Å². The molecule has 1 unspecified atom stereocenters. The Labute approximate surface area is 124 Å². The van der Waals surface area contributed by atoms with Crippen LogP contribution in [0, 0.1) is 0 Å². The van der Waals surface area contributed by atoms with Crippen molar-refractivity contribution in [2.75, 3.05) is 0 Å². The van der Waals surface area contributed by atoms with Crippen molar-refractivity contribution in [1.29, 1.82) is 0 Å². The largest absolute Gasteiger partial charge is 0.465 e. The Morgan fingerprint density at radius 1 is 1.50 bits per heavy atom. The van der Waals surface area contributed by atoms with E-state index in [1.54, 1.807) is 37.5 Å². The van der Waals surface area contributed by atoms with Crippen molar-refractivity contribution in [2.45, 2.75) is 19.5 Å². The molecule has 3 rings (SSSR count). The van der Waals surface area contributed by atoms with Gasteiger partial charge in [-0.15, -0.1) is 0 Å². The Morgan fingerprint density at radius 3 is 3.00 bits per heavy atom. The summed E-state index contributed by atoms with van der Waals surface area (Å²) < 4.78 is 2.81. The normalized spacial score (nSPS) is 12.4. The molecule has 0 bridgehead atoms.